The SMILES string of the molecule is CC12C=CC(C)(O1)[C@H]1C(=O)N(C34CCC(Br)(CC3)C4)C(=O)[C@H]12. The molecule has 3 aliphatic heterocycles. The molecule has 2 saturated carbocycles. The van der Waals surface area contributed by atoms with Crippen LogP contribution in [0, 0.1) is 11.8 Å². The number of imide groups is 1. The van der Waals surface area contributed by atoms with E-state index in [2.05, 4.69) is 15.9 Å². The summed E-state index contributed by atoms with van der Waals surface area (Å²) < 4.78 is 6.22. The number of carbonyl (C=O) groups is 2. The molecular formula is C17H20BrNO3. The number of carbonyl (C=O) groups excluding carboxylic acids is 2. The molecule has 4 bridgehead atoms. The molecule has 0 aromatic carbocycles. The Bertz CT molecular complexity index is 614. The first-order chi connectivity index (χ1) is 10.2. The molecule has 0 radical (unpaired) electrons. The molecule has 0 aromatic rings. The number of alkyl halides is 1. The third-order valence-electron chi connectivity index (χ3n) is 6.92. The molecule has 0 spiro atoms. The summed E-state index contributed by atoms with van der Waals surface area (Å²) in [4.78, 5) is 28.0. The third kappa shape index (κ3) is 1.31. The van der Waals surface area contributed by atoms with Crippen molar-refractivity contribution in [1.82, 2.24) is 4.90 Å². The second-order valence-electron chi connectivity index (χ2n) is 8.32. The van der Waals surface area contributed by atoms with E-state index in [1.807, 2.05) is 26.0 Å². The zero-order valence-electron chi connectivity index (χ0n) is 12.9. The number of ether oxygens (including phenoxy) is 1. The van der Waals surface area contributed by atoms with Gasteiger partial charge in [-0.3, -0.25) is 14.5 Å². The van der Waals surface area contributed by atoms with E-state index in [4.69, 9.17) is 4.74 Å². The largest absolute Gasteiger partial charge is 0.359 e. The van der Waals surface area contributed by atoms with Crippen LogP contribution in [0.5, 0.6) is 0 Å². The normalized spacial score (nSPS) is 58.2. The molecule has 5 heteroatoms. The number of amides is 2. The molecule has 22 heavy (non-hydrogen) atoms. The first kappa shape index (κ1) is 13.7. The van der Waals surface area contributed by atoms with Crippen LogP contribution in [0.3, 0.4) is 0 Å². The van der Waals surface area contributed by atoms with E-state index in [0.717, 1.165) is 32.1 Å². The van der Waals surface area contributed by atoms with E-state index >= 15 is 0 Å². The highest BCUT2D eigenvalue weighted by Gasteiger charge is 2.73. The molecular weight excluding hydrogens is 346 g/mol. The summed E-state index contributed by atoms with van der Waals surface area (Å²) in [6, 6.07) is 0. The van der Waals surface area contributed by atoms with E-state index in [1.54, 1.807) is 4.90 Å². The predicted octanol–water partition coefficient (Wildman–Crippen LogP) is 2.56. The second-order valence-corrected chi connectivity index (χ2v) is 10.0. The van der Waals surface area contributed by atoms with Crippen molar-refractivity contribution in [1.29, 1.82) is 0 Å². The molecule has 2 aliphatic carbocycles. The maximum atomic E-state index is 13.2. The minimum absolute atomic E-state index is 0.00391. The summed E-state index contributed by atoms with van der Waals surface area (Å²) in [5.41, 5.74) is -1.46. The number of hydrogen-bond acceptors (Lipinski definition) is 3. The topological polar surface area (TPSA) is 46.6 Å². The van der Waals surface area contributed by atoms with Gasteiger partial charge in [-0.05, 0) is 46.0 Å². The minimum Gasteiger partial charge on any atom is -0.359 e. The molecule has 3 heterocycles. The number of likely N-dealkylation sites (tertiary alicyclic amines) is 1. The monoisotopic (exact) mass is 365 g/mol. The Labute approximate surface area is 138 Å². The third-order valence-corrected chi connectivity index (χ3v) is 8.00. The fraction of sp³-hybridized carbons (Fsp3) is 0.765. The zero-order valence-corrected chi connectivity index (χ0v) is 14.5. The van der Waals surface area contributed by atoms with Crippen LogP contribution in [0.25, 0.3) is 0 Å². The van der Waals surface area contributed by atoms with Crippen LogP contribution < -0.4 is 0 Å². The van der Waals surface area contributed by atoms with Crippen LogP contribution >= 0.6 is 15.9 Å². The lowest BCUT2D eigenvalue weighted by Gasteiger charge is -2.37. The van der Waals surface area contributed by atoms with Crippen molar-refractivity contribution in [3.05, 3.63) is 12.2 Å². The molecule has 0 N–H and O–H groups in total. The van der Waals surface area contributed by atoms with Gasteiger partial charge in [0.05, 0.1) is 28.6 Å². The average Bonchev–Trinajstić information content (AvgIpc) is 3.14. The van der Waals surface area contributed by atoms with Crippen LogP contribution in [-0.2, 0) is 14.3 Å². The van der Waals surface area contributed by atoms with E-state index in [1.165, 1.54) is 0 Å². The van der Waals surface area contributed by atoms with E-state index < -0.39 is 11.2 Å². The summed E-state index contributed by atoms with van der Waals surface area (Å²) in [6.07, 6.45) is 8.88. The van der Waals surface area contributed by atoms with Gasteiger partial charge in [0.25, 0.3) is 0 Å². The van der Waals surface area contributed by atoms with Gasteiger partial charge >= 0.3 is 0 Å². The summed E-state index contributed by atoms with van der Waals surface area (Å²) >= 11 is 3.84. The highest BCUT2D eigenvalue weighted by Crippen LogP contribution is 2.63. The molecule has 5 rings (SSSR count). The highest BCUT2D eigenvalue weighted by atomic mass is 79.9. The van der Waals surface area contributed by atoms with Crippen LogP contribution in [0.15, 0.2) is 12.2 Å². The lowest BCUT2D eigenvalue weighted by atomic mass is 9.73. The molecule has 5 aliphatic rings. The summed E-state index contributed by atoms with van der Waals surface area (Å²) in [5, 5.41) is 0. The molecule has 0 aromatic heterocycles. The van der Waals surface area contributed by atoms with Gasteiger partial charge in [-0.25, -0.2) is 0 Å². The maximum Gasteiger partial charge on any atom is 0.237 e. The summed E-state index contributed by atoms with van der Waals surface area (Å²) in [5.74, 6) is -0.668. The fourth-order valence-corrected chi connectivity index (χ4v) is 6.83. The standard InChI is InChI=1S/C17H20BrNO3/c1-14-3-4-15(2,22-14)11-10(14)12(20)19(13(11)21)17-7-5-16(18,9-17)6-8-17/h3-4,10-11H,5-9H2,1-2H3/t10-,11+,14?,15?,16?,17?. The van der Waals surface area contributed by atoms with Crippen LogP contribution in [0.1, 0.15) is 46.0 Å². The Morgan fingerprint density at radius 2 is 1.55 bits per heavy atom. The highest BCUT2D eigenvalue weighted by molar-refractivity contribution is 9.10. The number of halogens is 1. The Kier molecular flexibility index (Phi) is 2.21. The van der Waals surface area contributed by atoms with Gasteiger partial charge in [-0.2, -0.15) is 0 Å². The summed E-state index contributed by atoms with van der Waals surface area (Å²) in [6.45, 7) is 3.90. The van der Waals surface area contributed by atoms with Crippen molar-refractivity contribution in [2.24, 2.45) is 11.8 Å². The molecule has 2 amide bonds. The Hall–Kier alpha value is -0.680. The van der Waals surface area contributed by atoms with Crippen molar-refractivity contribution >= 4 is 27.7 Å². The Morgan fingerprint density at radius 1 is 1.05 bits per heavy atom. The quantitative estimate of drug-likeness (QED) is 0.407. The molecule has 2 unspecified atom stereocenters. The van der Waals surface area contributed by atoms with Crippen molar-refractivity contribution in [2.45, 2.75) is 67.0 Å². The van der Waals surface area contributed by atoms with Crippen molar-refractivity contribution in [3.8, 4) is 0 Å². The fourth-order valence-electron chi connectivity index (χ4n) is 5.91. The predicted molar refractivity (Wildman–Crippen MR) is 83.3 cm³/mol. The molecule has 2 saturated heterocycles. The van der Waals surface area contributed by atoms with Gasteiger partial charge in [0.1, 0.15) is 0 Å². The van der Waals surface area contributed by atoms with Crippen LogP contribution in [0.4, 0.5) is 0 Å². The van der Waals surface area contributed by atoms with Crippen molar-refractivity contribution < 1.29 is 14.3 Å². The molecule has 4 nitrogen and oxygen atoms in total. The van der Waals surface area contributed by atoms with Gasteiger partial charge in [0, 0.05) is 4.32 Å². The Morgan fingerprint density at radius 3 is 1.95 bits per heavy atom. The number of nitrogens with zero attached hydrogens (tertiary/aromatic N) is 1. The number of fused-ring (bicyclic) bond motifs is 7. The van der Waals surface area contributed by atoms with Gasteiger partial charge in [0.15, 0.2) is 0 Å². The van der Waals surface area contributed by atoms with Crippen molar-refractivity contribution in [2.75, 3.05) is 0 Å². The van der Waals surface area contributed by atoms with E-state index in [0.29, 0.717) is 0 Å². The average molecular weight is 366 g/mol. The van der Waals surface area contributed by atoms with E-state index in [-0.39, 0.29) is 33.5 Å². The van der Waals surface area contributed by atoms with Gasteiger partial charge in [-0.15, -0.1) is 0 Å². The molecule has 4 fully saturated rings. The smallest absolute Gasteiger partial charge is 0.237 e. The van der Waals surface area contributed by atoms with Gasteiger partial charge in [0.2, 0.25) is 11.8 Å². The van der Waals surface area contributed by atoms with Crippen LogP contribution in [0.2, 0.25) is 0 Å². The zero-order chi connectivity index (χ0) is 15.5. The Balaban J connectivity index is 1.59. The number of hydrogen-bond donors (Lipinski definition) is 0. The van der Waals surface area contributed by atoms with Crippen LogP contribution in [-0.4, -0.2) is 37.8 Å². The maximum absolute atomic E-state index is 13.2. The lowest BCUT2D eigenvalue weighted by Crippen LogP contribution is -2.52. The molecule has 4 atom stereocenters. The lowest BCUT2D eigenvalue weighted by molar-refractivity contribution is -0.153. The number of rotatable bonds is 1. The second kappa shape index (κ2) is 3.54. The van der Waals surface area contributed by atoms with Crippen molar-refractivity contribution in [3.63, 3.8) is 0 Å². The minimum atomic E-state index is -0.611. The summed E-state index contributed by atoms with van der Waals surface area (Å²) in [7, 11) is 0. The first-order valence-electron chi connectivity index (χ1n) is 8.20. The van der Waals surface area contributed by atoms with Gasteiger partial charge in [-0.1, -0.05) is 28.1 Å². The van der Waals surface area contributed by atoms with Gasteiger partial charge < -0.3 is 4.74 Å². The molecule has 118 valence electrons. The van der Waals surface area contributed by atoms with E-state index in [9.17, 15) is 9.59 Å². The first-order valence-corrected chi connectivity index (χ1v) is 8.99.